The quantitative estimate of drug-likeness (QED) is 0.770. The highest BCUT2D eigenvalue weighted by molar-refractivity contribution is 9.10. The van der Waals surface area contributed by atoms with Crippen LogP contribution >= 0.6 is 28.3 Å². The molecule has 0 radical (unpaired) electrons. The number of carbonyl (C=O) groups is 1. The van der Waals surface area contributed by atoms with E-state index in [-0.39, 0.29) is 31.1 Å². The summed E-state index contributed by atoms with van der Waals surface area (Å²) in [4.78, 5) is 13.9. The Hall–Kier alpha value is -0.780. The lowest BCUT2D eigenvalue weighted by Crippen LogP contribution is -2.38. The number of likely N-dealkylation sites (tertiary alicyclic amines) is 1. The highest BCUT2D eigenvalue weighted by Gasteiger charge is 2.20. The number of hydrogen-bond acceptors (Lipinski definition) is 4. The number of rotatable bonds is 4. The van der Waals surface area contributed by atoms with Gasteiger partial charge >= 0.3 is 5.97 Å². The van der Waals surface area contributed by atoms with Gasteiger partial charge in [0.2, 0.25) is 0 Å². The van der Waals surface area contributed by atoms with Crippen molar-refractivity contribution in [2.24, 2.45) is 0 Å². The molecule has 1 aromatic carbocycles. The van der Waals surface area contributed by atoms with E-state index in [4.69, 9.17) is 9.47 Å². The molecule has 0 amide bonds. The molecule has 1 heterocycles. The molecule has 1 aliphatic rings. The Labute approximate surface area is 134 Å². The van der Waals surface area contributed by atoms with Crippen LogP contribution in [0.4, 0.5) is 0 Å². The first-order valence-corrected chi connectivity index (χ1v) is 7.19. The molecule has 1 saturated heterocycles. The molecule has 0 N–H and O–H groups in total. The van der Waals surface area contributed by atoms with Crippen LogP contribution in [0, 0.1) is 0 Å². The molecule has 1 fully saturated rings. The largest absolute Gasteiger partial charge is 0.482 e. The van der Waals surface area contributed by atoms with Gasteiger partial charge in [-0.1, -0.05) is 15.9 Å². The second-order valence-corrected chi connectivity index (χ2v) is 5.67. The van der Waals surface area contributed by atoms with Crippen LogP contribution in [0.5, 0.6) is 5.75 Å². The average Bonchev–Trinajstić information content (AvgIpc) is 2.38. The lowest BCUT2D eigenvalue weighted by molar-refractivity contribution is -0.153. The Balaban J connectivity index is 0.00000200. The summed E-state index contributed by atoms with van der Waals surface area (Å²) >= 11 is 3.35. The summed E-state index contributed by atoms with van der Waals surface area (Å²) in [5.74, 6) is 0.365. The predicted octanol–water partition coefficient (Wildman–Crippen LogP) is 2.89. The van der Waals surface area contributed by atoms with Gasteiger partial charge in [-0.2, -0.15) is 0 Å². The Morgan fingerprint density at radius 2 is 2.10 bits per heavy atom. The molecule has 0 spiro atoms. The normalized spacial score (nSPS) is 19.0. The zero-order valence-electron chi connectivity index (χ0n) is 11.4. The summed E-state index contributed by atoms with van der Waals surface area (Å²) in [7, 11) is 2.04. The summed E-state index contributed by atoms with van der Waals surface area (Å²) in [5.41, 5.74) is 0. The number of carbonyl (C=O) groups excluding carboxylic acids is 1. The lowest BCUT2D eigenvalue weighted by Gasteiger charge is -2.29. The minimum Gasteiger partial charge on any atom is -0.482 e. The van der Waals surface area contributed by atoms with Crippen molar-refractivity contribution in [3.63, 3.8) is 0 Å². The Morgan fingerprint density at radius 3 is 2.75 bits per heavy atom. The van der Waals surface area contributed by atoms with Crippen molar-refractivity contribution in [3.8, 4) is 5.75 Å². The van der Waals surface area contributed by atoms with E-state index >= 15 is 0 Å². The fraction of sp³-hybridized carbons (Fsp3) is 0.500. The van der Waals surface area contributed by atoms with Crippen molar-refractivity contribution in [1.82, 2.24) is 4.90 Å². The van der Waals surface area contributed by atoms with Crippen LogP contribution in [-0.2, 0) is 9.53 Å². The second kappa shape index (κ2) is 8.49. The molecule has 0 saturated carbocycles. The summed E-state index contributed by atoms with van der Waals surface area (Å²) in [6, 6.07) is 7.37. The van der Waals surface area contributed by atoms with E-state index in [1.807, 2.05) is 31.3 Å². The van der Waals surface area contributed by atoms with E-state index < -0.39 is 0 Å². The highest BCUT2D eigenvalue weighted by atomic mass is 79.9. The predicted molar refractivity (Wildman–Crippen MR) is 83.5 cm³/mol. The second-order valence-electron chi connectivity index (χ2n) is 4.76. The van der Waals surface area contributed by atoms with Crippen LogP contribution < -0.4 is 4.74 Å². The van der Waals surface area contributed by atoms with Crippen LogP contribution in [0.3, 0.4) is 0 Å². The zero-order chi connectivity index (χ0) is 13.7. The molecule has 4 nitrogen and oxygen atoms in total. The minimum atomic E-state index is -0.303. The lowest BCUT2D eigenvalue weighted by atomic mass is 10.1. The van der Waals surface area contributed by atoms with Gasteiger partial charge in [-0.15, -0.1) is 12.4 Å². The number of benzene rings is 1. The molecule has 0 bridgehead atoms. The fourth-order valence-corrected chi connectivity index (χ4v) is 2.37. The highest BCUT2D eigenvalue weighted by Crippen LogP contribution is 2.16. The van der Waals surface area contributed by atoms with Crippen LogP contribution in [0.1, 0.15) is 12.8 Å². The number of nitrogens with zero attached hydrogens (tertiary/aromatic N) is 1. The third-order valence-electron chi connectivity index (χ3n) is 3.05. The number of piperidine rings is 1. The van der Waals surface area contributed by atoms with E-state index in [0.717, 1.165) is 30.4 Å². The first kappa shape index (κ1) is 17.3. The third kappa shape index (κ3) is 5.69. The van der Waals surface area contributed by atoms with Gasteiger partial charge in [-0.25, -0.2) is 4.79 Å². The van der Waals surface area contributed by atoms with Gasteiger partial charge in [0.15, 0.2) is 6.61 Å². The molecule has 2 rings (SSSR count). The van der Waals surface area contributed by atoms with Gasteiger partial charge in [0.25, 0.3) is 0 Å². The van der Waals surface area contributed by atoms with Crippen molar-refractivity contribution < 1.29 is 14.3 Å². The first-order valence-electron chi connectivity index (χ1n) is 6.40. The van der Waals surface area contributed by atoms with Crippen molar-refractivity contribution >= 4 is 34.3 Å². The number of esters is 1. The van der Waals surface area contributed by atoms with E-state index in [9.17, 15) is 4.79 Å². The topological polar surface area (TPSA) is 38.8 Å². The molecule has 1 aliphatic heterocycles. The number of likely N-dealkylation sites (N-methyl/N-ethyl adjacent to an activating group) is 1. The first-order chi connectivity index (χ1) is 9.13. The average molecular weight is 365 g/mol. The van der Waals surface area contributed by atoms with Crippen LogP contribution in [0.15, 0.2) is 28.7 Å². The summed E-state index contributed by atoms with van der Waals surface area (Å²) < 4.78 is 11.8. The summed E-state index contributed by atoms with van der Waals surface area (Å²) in [6.45, 7) is 1.84. The van der Waals surface area contributed by atoms with Gasteiger partial charge in [0.05, 0.1) is 0 Å². The maximum absolute atomic E-state index is 11.7. The van der Waals surface area contributed by atoms with Crippen molar-refractivity contribution in [2.75, 3.05) is 26.7 Å². The minimum absolute atomic E-state index is 0. The molecular formula is C14H19BrClNO3. The third-order valence-corrected chi connectivity index (χ3v) is 3.58. The van der Waals surface area contributed by atoms with Crippen molar-refractivity contribution in [1.29, 1.82) is 0 Å². The van der Waals surface area contributed by atoms with Crippen LogP contribution in [0.2, 0.25) is 0 Å². The molecule has 112 valence electrons. The Kier molecular flexibility index (Phi) is 7.34. The zero-order valence-corrected chi connectivity index (χ0v) is 13.8. The SMILES string of the molecule is CN1CCCC(OC(=O)COc2ccc(Br)cc2)C1.Cl. The van der Waals surface area contributed by atoms with Gasteiger partial charge in [0.1, 0.15) is 11.9 Å². The Morgan fingerprint density at radius 1 is 1.40 bits per heavy atom. The maximum Gasteiger partial charge on any atom is 0.344 e. The van der Waals surface area contributed by atoms with E-state index in [0.29, 0.717) is 5.75 Å². The monoisotopic (exact) mass is 363 g/mol. The molecule has 1 aromatic rings. The summed E-state index contributed by atoms with van der Waals surface area (Å²) in [6.07, 6.45) is 2.01. The fourth-order valence-electron chi connectivity index (χ4n) is 2.11. The van der Waals surface area contributed by atoms with Gasteiger partial charge in [-0.05, 0) is 50.7 Å². The maximum atomic E-state index is 11.7. The number of hydrogen-bond donors (Lipinski definition) is 0. The molecular weight excluding hydrogens is 346 g/mol. The molecule has 6 heteroatoms. The van der Waals surface area contributed by atoms with Gasteiger partial charge in [0, 0.05) is 11.0 Å². The molecule has 20 heavy (non-hydrogen) atoms. The van der Waals surface area contributed by atoms with E-state index in [1.54, 1.807) is 0 Å². The van der Waals surface area contributed by atoms with Gasteiger partial charge in [-0.3, -0.25) is 0 Å². The number of halogens is 2. The molecule has 0 aliphatic carbocycles. The Bertz CT molecular complexity index is 427. The van der Waals surface area contributed by atoms with Crippen molar-refractivity contribution in [2.45, 2.75) is 18.9 Å². The standard InChI is InChI=1S/C14H18BrNO3.ClH/c1-16-8-2-3-13(9-16)19-14(17)10-18-12-6-4-11(15)5-7-12;/h4-7,13H,2-3,8-10H2,1H3;1H. The van der Waals surface area contributed by atoms with Gasteiger partial charge < -0.3 is 14.4 Å². The van der Waals surface area contributed by atoms with Crippen LogP contribution in [-0.4, -0.2) is 43.7 Å². The number of ether oxygens (including phenoxy) is 2. The van der Waals surface area contributed by atoms with E-state index in [2.05, 4.69) is 20.8 Å². The molecule has 0 aromatic heterocycles. The van der Waals surface area contributed by atoms with Crippen LogP contribution in [0.25, 0.3) is 0 Å². The smallest absolute Gasteiger partial charge is 0.344 e. The molecule has 1 atom stereocenters. The molecule has 1 unspecified atom stereocenters. The van der Waals surface area contributed by atoms with Crippen molar-refractivity contribution in [3.05, 3.63) is 28.7 Å². The van der Waals surface area contributed by atoms with E-state index in [1.165, 1.54) is 0 Å². The summed E-state index contributed by atoms with van der Waals surface area (Å²) in [5, 5.41) is 0.